The summed E-state index contributed by atoms with van der Waals surface area (Å²) in [4.78, 5) is 23.4. The maximum atomic E-state index is 14.0. The molecule has 2 rings (SSSR count). The number of carboxylic acid groups (broad SMARTS) is 1. The van der Waals surface area contributed by atoms with Crippen LogP contribution in [-0.4, -0.2) is 22.8 Å². The number of nitrogens with one attached hydrogen (secondary N) is 1. The molecule has 0 saturated heterocycles. The third-order valence-corrected chi connectivity index (χ3v) is 3.95. The number of halogens is 3. The smallest absolute Gasteiger partial charge is 0.411 e. The van der Waals surface area contributed by atoms with Crippen LogP contribution < -0.4 is 5.32 Å². The molecule has 1 aliphatic carbocycles. The summed E-state index contributed by atoms with van der Waals surface area (Å²) in [6.45, 7) is 4.96. The largest absolute Gasteiger partial charge is 0.478 e. The highest BCUT2D eigenvalue weighted by Gasteiger charge is 2.30. The second kappa shape index (κ2) is 7.39. The first-order valence-electron chi connectivity index (χ1n) is 8.07. The van der Waals surface area contributed by atoms with E-state index in [1.54, 1.807) is 20.8 Å². The lowest BCUT2D eigenvalue weighted by molar-refractivity contribution is -0.133. The Bertz CT molecular complexity index is 768. The summed E-state index contributed by atoms with van der Waals surface area (Å²) in [6.07, 6.45) is -0.604. The second-order valence-corrected chi connectivity index (χ2v) is 7.12. The minimum absolute atomic E-state index is 0.0184. The summed E-state index contributed by atoms with van der Waals surface area (Å²) < 4.78 is 45.7. The van der Waals surface area contributed by atoms with E-state index in [1.807, 2.05) is 0 Å². The standard InChI is InChI=1S/C18H20F3NO4/c1-18(2,3)26-17(25)22-15-6-9(4-5-10(15)16(23)24)11-7-13(20)14(21)8-12(11)19/h7-9H,4-6H2,1-3H3,(H,22,25)(H,23,24). The first kappa shape index (κ1) is 19.8. The Morgan fingerprint density at radius 2 is 1.77 bits per heavy atom. The zero-order valence-corrected chi connectivity index (χ0v) is 14.7. The third-order valence-electron chi connectivity index (χ3n) is 3.95. The summed E-state index contributed by atoms with van der Waals surface area (Å²) in [5.74, 6) is -5.20. The van der Waals surface area contributed by atoms with Crippen LogP contribution in [0.3, 0.4) is 0 Å². The Kier molecular flexibility index (Phi) is 5.63. The van der Waals surface area contributed by atoms with Crippen LogP contribution in [0.15, 0.2) is 23.4 Å². The molecule has 1 aliphatic rings. The van der Waals surface area contributed by atoms with Crippen molar-refractivity contribution in [2.24, 2.45) is 0 Å². The average Bonchev–Trinajstić information content (AvgIpc) is 2.48. The van der Waals surface area contributed by atoms with Gasteiger partial charge < -0.3 is 9.84 Å². The first-order valence-corrected chi connectivity index (χ1v) is 8.07. The molecule has 1 aromatic rings. The molecule has 1 unspecified atom stereocenters. The van der Waals surface area contributed by atoms with Crippen LogP contribution in [-0.2, 0) is 9.53 Å². The molecular weight excluding hydrogens is 351 g/mol. The van der Waals surface area contributed by atoms with Crippen LogP contribution in [0.1, 0.15) is 51.5 Å². The molecular formula is C18H20F3NO4. The number of carbonyl (C=O) groups excluding carboxylic acids is 1. The van der Waals surface area contributed by atoms with E-state index in [-0.39, 0.29) is 36.1 Å². The lowest BCUT2D eigenvalue weighted by Crippen LogP contribution is -2.34. The average molecular weight is 371 g/mol. The topological polar surface area (TPSA) is 75.6 Å². The van der Waals surface area contributed by atoms with Gasteiger partial charge in [-0.1, -0.05) is 0 Å². The minimum Gasteiger partial charge on any atom is -0.478 e. The van der Waals surface area contributed by atoms with E-state index in [0.717, 1.165) is 6.07 Å². The molecule has 1 aromatic carbocycles. The summed E-state index contributed by atoms with van der Waals surface area (Å²) in [6, 6.07) is 1.23. The van der Waals surface area contributed by atoms with E-state index >= 15 is 0 Å². The zero-order chi connectivity index (χ0) is 19.6. The van der Waals surface area contributed by atoms with Gasteiger partial charge in [0.1, 0.15) is 11.4 Å². The van der Waals surface area contributed by atoms with Crippen molar-refractivity contribution in [1.29, 1.82) is 0 Å². The monoisotopic (exact) mass is 371 g/mol. The van der Waals surface area contributed by atoms with Gasteiger partial charge in [0.2, 0.25) is 0 Å². The Balaban J connectivity index is 2.28. The molecule has 0 fully saturated rings. The molecule has 8 heteroatoms. The molecule has 0 aromatic heterocycles. The van der Waals surface area contributed by atoms with Crippen LogP contribution >= 0.6 is 0 Å². The van der Waals surface area contributed by atoms with Crippen LogP contribution in [0.2, 0.25) is 0 Å². The summed E-state index contributed by atoms with van der Waals surface area (Å²) in [5, 5.41) is 11.7. The number of benzene rings is 1. The fraction of sp³-hybridized carbons (Fsp3) is 0.444. The molecule has 0 bridgehead atoms. The molecule has 1 amide bonds. The van der Waals surface area contributed by atoms with Gasteiger partial charge >= 0.3 is 12.1 Å². The van der Waals surface area contributed by atoms with E-state index in [4.69, 9.17) is 4.74 Å². The molecule has 2 N–H and O–H groups in total. The van der Waals surface area contributed by atoms with Crippen molar-refractivity contribution in [3.63, 3.8) is 0 Å². The molecule has 5 nitrogen and oxygen atoms in total. The van der Waals surface area contributed by atoms with Crippen molar-refractivity contribution in [3.05, 3.63) is 46.4 Å². The van der Waals surface area contributed by atoms with Gasteiger partial charge in [0.25, 0.3) is 0 Å². The van der Waals surface area contributed by atoms with E-state index < -0.39 is 41.0 Å². The van der Waals surface area contributed by atoms with Crippen molar-refractivity contribution >= 4 is 12.1 Å². The maximum absolute atomic E-state index is 14.0. The molecule has 142 valence electrons. The number of hydrogen-bond donors (Lipinski definition) is 2. The summed E-state index contributed by atoms with van der Waals surface area (Å²) >= 11 is 0. The molecule has 1 atom stereocenters. The van der Waals surface area contributed by atoms with Crippen molar-refractivity contribution in [3.8, 4) is 0 Å². The number of alkyl carbamates (subject to hydrolysis) is 1. The van der Waals surface area contributed by atoms with Gasteiger partial charge in [0.15, 0.2) is 11.6 Å². The van der Waals surface area contributed by atoms with Crippen molar-refractivity contribution in [2.75, 3.05) is 0 Å². The molecule has 0 spiro atoms. The number of amides is 1. The lowest BCUT2D eigenvalue weighted by Gasteiger charge is -2.28. The van der Waals surface area contributed by atoms with Crippen LogP contribution in [0.4, 0.5) is 18.0 Å². The van der Waals surface area contributed by atoms with Gasteiger partial charge in [-0.25, -0.2) is 22.8 Å². The van der Waals surface area contributed by atoms with Gasteiger partial charge in [-0.15, -0.1) is 0 Å². The summed E-state index contributed by atoms with van der Waals surface area (Å²) in [7, 11) is 0. The summed E-state index contributed by atoms with van der Waals surface area (Å²) in [5.41, 5.74) is -0.784. The van der Waals surface area contributed by atoms with Crippen molar-refractivity contribution in [1.82, 2.24) is 5.32 Å². The normalized spacial score (nSPS) is 17.8. The third kappa shape index (κ3) is 4.77. The number of aliphatic carboxylic acids is 1. The highest BCUT2D eigenvalue weighted by Crippen LogP contribution is 2.37. The lowest BCUT2D eigenvalue weighted by atomic mass is 9.82. The van der Waals surface area contributed by atoms with E-state index in [2.05, 4.69) is 5.32 Å². The number of allylic oxidation sites excluding steroid dienone is 1. The predicted molar refractivity (Wildman–Crippen MR) is 86.9 cm³/mol. The van der Waals surface area contributed by atoms with Crippen LogP contribution in [0, 0.1) is 17.5 Å². The van der Waals surface area contributed by atoms with Crippen molar-refractivity contribution < 1.29 is 32.6 Å². The SMILES string of the molecule is CC(C)(C)OC(=O)NC1=C(C(=O)O)CCC(c2cc(F)c(F)cc2F)C1. The Hall–Kier alpha value is -2.51. The zero-order valence-electron chi connectivity index (χ0n) is 14.7. The molecule has 0 radical (unpaired) electrons. The van der Waals surface area contributed by atoms with Crippen LogP contribution in [0.25, 0.3) is 0 Å². The quantitative estimate of drug-likeness (QED) is 0.780. The predicted octanol–water partition coefficient (Wildman–Crippen LogP) is 4.23. The Morgan fingerprint density at radius 3 is 2.35 bits per heavy atom. The van der Waals surface area contributed by atoms with Crippen molar-refractivity contribution in [2.45, 2.75) is 51.6 Å². The van der Waals surface area contributed by atoms with Gasteiger partial charge in [0.05, 0.1) is 5.57 Å². The van der Waals surface area contributed by atoms with E-state index in [9.17, 15) is 27.9 Å². The van der Waals surface area contributed by atoms with E-state index in [0.29, 0.717) is 6.07 Å². The number of carbonyl (C=O) groups is 2. The Morgan fingerprint density at radius 1 is 1.15 bits per heavy atom. The minimum atomic E-state index is -1.30. The fourth-order valence-corrected chi connectivity index (χ4v) is 2.85. The fourth-order valence-electron chi connectivity index (χ4n) is 2.85. The highest BCUT2D eigenvalue weighted by molar-refractivity contribution is 5.88. The number of ether oxygens (including phenoxy) is 1. The van der Waals surface area contributed by atoms with Gasteiger partial charge in [-0.3, -0.25) is 5.32 Å². The van der Waals surface area contributed by atoms with E-state index in [1.165, 1.54) is 0 Å². The second-order valence-electron chi connectivity index (χ2n) is 7.12. The van der Waals surface area contributed by atoms with Gasteiger partial charge in [0, 0.05) is 11.8 Å². The maximum Gasteiger partial charge on any atom is 0.411 e. The Labute approximate surface area is 148 Å². The molecule has 0 heterocycles. The number of carboxylic acids is 1. The molecule has 0 aliphatic heterocycles. The first-order chi connectivity index (χ1) is 12.0. The number of hydrogen-bond acceptors (Lipinski definition) is 3. The van der Waals surface area contributed by atoms with Gasteiger partial charge in [-0.05, 0) is 57.6 Å². The molecule has 0 saturated carbocycles. The molecule has 26 heavy (non-hydrogen) atoms. The number of rotatable bonds is 3. The van der Waals surface area contributed by atoms with Gasteiger partial charge in [-0.2, -0.15) is 0 Å². The van der Waals surface area contributed by atoms with Crippen LogP contribution in [0.5, 0.6) is 0 Å². The highest BCUT2D eigenvalue weighted by atomic mass is 19.2.